The monoisotopic (exact) mass is 205 g/mol. The fourth-order valence-corrected chi connectivity index (χ4v) is 1.47. The second-order valence-electron chi connectivity index (χ2n) is 3.87. The van der Waals surface area contributed by atoms with E-state index in [0.717, 1.165) is 12.8 Å². The molecule has 0 rings (SSSR count). The molecule has 0 aromatic carbocycles. The minimum atomic E-state index is 1.10. The van der Waals surface area contributed by atoms with Crippen molar-refractivity contribution in [3.8, 4) is 0 Å². The summed E-state index contributed by atoms with van der Waals surface area (Å²) in [6.07, 6.45) is 20.5. The summed E-state index contributed by atoms with van der Waals surface area (Å²) in [5.41, 5.74) is 0. The Morgan fingerprint density at radius 3 is 2.20 bits per heavy atom. The molecule has 0 aliphatic heterocycles. The number of unbranched alkanes of at least 4 members (excludes halogenated alkanes) is 6. The fraction of sp³-hybridized carbons (Fsp3) is 0.600. The van der Waals surface area contributed by atoms with Gasteiger partial charge in [-0.3, -0.25) is 0 Å². The van der Waals surface area contributed by atoms with E-state index in [1.54, 1.807) is 6.08 Å². The van der Waals surface area contributed by atoms with Gasteiger partial charge in [0.25, 0.3) is 0 Å². The predicted octanol–water partition coefficient (Wildman–Crippen LogP) is 5.23. The summed E-state index contributed by atoms with van der Waals surface area (Å²) in [6, 6.07) is 0. The Labute approximate surface area is 95.8 Å². The lowest BCUT2D eigenvalue weighted by molar-refractivity contribution is 0.637. The Hall–Kier alpha value is -0.780. The molecule has 0 fully saturated rings. The molecule has 0 N–H and O–H groups in total. The first-order valence-electron chi connectivity index (χ1n) is 6.27. The highest BCUT2D eigenvalue weighted by atomic mass is 13.9. The lowest BCUT2D eigenvalue weighted by atomic mass is 10.1. The van der Waals surface area contributed by atoms with Gasteiger partial charge in [0.15, 0.2) is 0 Å². The zero-order chi connectivity index (χ0) is 11.2. The molecule has 0 nitrogen and oxygen atoms in total. The molecule has 0 saturated heterocycles. The van der Waals surface area contributed by atoms with Crippen LogP contribution >= 0.6 is 0 Å². The molecule has 0 bridgehead atoms. The number of allylic oxidation sites excluding steroid dienone is 5. The van der Waals surface area contributed by atoms with Gasteiger partial charge in [-0.05, 0) is 25.7 Å². The molecular weight excluding hydrogens is 180 g/mol. The normalized spacial score (nSPS) is 11.5. The molecule has 0 heterocycles. The van der Waals surface area contributed by atoms with Crippen LogP contribution in [0.4, 0.5) is 0 Å². The van der Waals surface area contributed by atoms with Crippen molar-refractivity contribution < 1.29 is 0 Å². The van der Waals surface area contributed by atoms with Crippen LogP contribution in [0.3, 0.4) is 0 Å². The van der Waals surface area contributed by atoms with E-state index in [0.29, 0.717) is 0 Å². The molecule has 0 atom stereocenters. The average Bonchev–Trinajstić information content (AvgIpc) is 2.26. The van der Waals surface area contributed by atoms with Crippen LogP contribution in [-0.4, -0.2) is 0 Å². The van der Waals surface area contributed by atoms with Crippen molar-refractivity contribution in [1.82, 2.24) is 0 Å². The van der Waals surface area contributed by atoms with Gasteiger partial charge in [-0.2, -0.15) is 0 Å². The highest BCUT2D eigenvalue weighted by Crippen LogP contribution is 2.05. The zero-order valence-electron chi connectivity index (χ0n) is 10.1. The quantitative estimate of drug-likeness (QED) is 0.260. The van der Waals surface area contributed by atoms with E-state index in [1.807, 2.05) is 6.08 Å². The molecule has 0 aliphatic rings. The van der Waals surface area contributed by atoms with Gasteiger partial charge in [0.2, 0.25) is 0 Å². The van der Waals surface area contributed by atoms with Crippen molar-refractivity contribution in [2.24, 2.45) is 0 Å². The Morgan fingerprint density at radius 1 is 0.800 bits per heavy atom. The van der Waals surface area contributed by atoms with Gasteiger partial charge in [-0.1, -0.05) is 69.6 Å². The average molecular weight is 205 g/mol. The Balaban J connectivity index is 3.10. The molecule has 15 heavy (non-hydrogen) atoms. The smallest absolute Gasteiger partial charge is 0.0313 e. The maximum absolute atomic E-state index is 5.22. The third kappa shape index (κ3) is 13.2. The molecule has 0 heteroatoms. The van der Waals surface area contributed by atoms with Crippen LogP contribution in [-0.2, 0) is 0 Å². The highest BCUT2D eigenvalue weighted by Gasteiger charge is 1.86. The first kappa shape index (κ1) is 14.2. The lowest BCUT2D eigenvalue weighted by Crippen LogP contribution is -1.75. The molecule has 1 radical (unpaired) electrons. The van der Waals surface area contributed by atoms with Crippen molar-refractivity contribution in [1.29, 1.82) is 0 Å². The summed E-state index contributed by atoms with van der Waals surface area (Å²) in [5.74, 6) is 0. The maximum atomic E-state index is 5.22. The van der Waals surface area contributed by atoms with E-state index in [-0.39, 0.29) is 0 Å². The van der Waals surface area contributed by atoms with Crippen LogP contribution < -0.4 is 0 Å². The summed E-state index contributed by atoms with van der Waals surface area (Å²) in [7, 11) is 0. The molecule has 0 spiro atoms. The fourth-order valence-electron chi connectivity index (χ4n) is 1.47. The van der Waals surface area contributed by atoms with E-state index in [9.17, 15) is 0 Å². The predicted molar refractivity (Wildman–Crippen MR) is 69.8 cm³/mol. The number of rotatable bonds is 10. The topological polar surface area (TPSA) is 0 Å². The summed E-state index contributed by atoms with van der Waals surface area (Å²) in [5, 5.41) is 0. The van der Waals surface area contributed by atoms with Gasteiger partial charge in [-0.25, -0.2) is 0 Å². The standard InChI is InChI=1S/C15H25/c1-3-5-7-9-11-13-15-14-12-10-8-6-4-2/h1,3,5,7,13,15H,4,6,8-12,14H2,2H3. The molecular formula is C15H25. The first-order valence-corrected chi connectivity index (χ1v) is 6.27. The van der Waals surface area contributed by atoms with Gasteiger partial charge in [-0.15, -0.1) is 0 Å². The van der Waals surface area contributed by atoms with Crippen LogP contribution in [0, 0.1) is 6.58 Å². The van der Waals surface area contributed by atoms with Crippen molar-refractivity contribution in [3.63, 3.8) is 0 Å². The largest absolute Gasteiger partial charge is 0.0885 e. The summed E-state index contributed by atoms with van der Waals surface area (Å²) < 4.78 is 0. The third-order valence-corrected chi connectivity index (χ3v) is 2.39. The van der Waals surface area contributed by atoms with Crippen LogP contribution in [0.5, 0.6) is 0 Å². The van der Waals surface area contributed by atoms with Gasteiger partial charge in [0.1, 0.15) is 0 Å². The van der Waals surface area contributed by atoms with E-state index in [2.05, 4.69) is 25.2 Å². The minimum absolute atomic E-state index is 1.10. The van der Waals surface area contributed by atoms with Gasteiger partial charge < -0.3 is 0 Å². The summed E-state index contributed by atoms with van der Waals surface area (Å²) in [6.45, 7) is 7.48. The molecule has 85 valence electrons. The van der Waals surface area contributed by atoms with Crippen LogP contribution in [0.1, 0.15) is 58.3 Å². The highest BCUT2D eigenvalue weighted by molar-refractivity contribution is 4.96. The molecule has 0 aliphatic carbocycles. The van der Waals surface area contributed by atoms with Crippen LogP contribution in [0.25, 0.3) is 0 Å². The molecule has 0 aromatic rings. The third-order valence-electron chi connectivity index (χ3n) is 2.39. The Kier molecular flexibility index (Phi) is 12.5. The maximum Gasteiger partial charge on any atom is -0.0313 e. The van der Waals surface area contributed by atoms with E-state index in [1.165, 1.54) is 38.5 Å². The molecule has 0 unspecified atom stereocenters. The van der Waals surface area contributed by atoms with E-state index < -0.39 is 0 Å². The van der Waals surface area contributed by atoms with Crippen molar-refractivity contribution in [3.05, 3.63) is 37.0 Å². The second-order valence-corrected chi connectivity index (χ2v) is 3.87. The number of hydrogen-bond acceptors (Lipinski definition) is 0. The zero-order valence-corrected chi connectivity index (χ0v) is 10.1. The van der Waals surface area contributed by atoms with Gasteiger partial charge in [0.05, 0.1) is 0 Å². The molecule has 0 aromatic heterocycles. The summed E-state index contributed by atoms with van der Waals surface area (Å²) in [4.78, 5) is 0. The summed E-state index contributed by atoms with van der Waals surface area (Å²) >= 11 is 0. The second kappa shape index (κ2) is 13.2. The Morgan fingerprint density at radius 2 is 1.47 bits per heavy atom. The molecule has 0 amide bonds. The van der Waals surface area contributed by atoms with E-state index in [4.69, 9.17) is 6.58 Å². The molecule has 0 saturated carbocycles. The van der Waals surface area contributed by atoms with Crippen LogP contribution in [0.2, 0.25) is 0 Å². The SMILES string of the molecule is [CH]=CC=CCCC=CCCCCCCC. The number of hydrogen-bond donors (Lipinski definition) is 0. The van der Waals surface area contributed by atoms with Gasteiger partial charge in [0, 0.05) is 0 Å². The lowest BCUT2D eigenvalue weighted by Gasteiger charge is -1.95. The van der Waals surface area contributed by atoms with Crippen molar-refractivity contribution >= 4 is 0 Å². The van der Waals surface area contributed by atoms with Crippen LogP contribution in [0.15, 0.2) is 30.4 Å². The Bertz CT molecular complexity index is 174. The minimum Gasteiger partial charge on any atom is -0.0885 e. The van der Waals surface area contributed by atoms with Gasteiger partial charge >= 0.3 is 0 Å². The van der Waals surface area contributed by atoms with E-state index >= 15 is 0 Å². The van der Waals surface area contributed by atoms with Crippen molar-refractivity contribution in [2.75, 3.05) is 0 Å². The first-order chi connectivity index (χ1) is 7.41. The van der Waals surface area contributed by atoms with Crippen molar-refractivity contribution in [2.45, 2.75) is 58.3 Å².